The van der Waals surface area contributed by atoms with E-state index in [9.17, 15) is 14.0 Å². The lowest BCUT2D eigenvalue weighted by Crippen LogP contribution is -2.40. The van der Waals surface area contributed by atoms with Crippen LogP contribution in [0.4, 0.5) is 4.39 Å². The molecule has 0 aliphatic carbocycles. The van der Waals surface area contributed by atoms with E-state index in [1.165, 1.54) is 19.2 Å². The first kappa shape index (κ1) is 23.2. The molecule has 178 valence electrons. The molecule has 0 bridgehead atoms. The van der Waals surface area contributed by atoms with Gasteiger partial charge in [0.15, 0.2) is 11.6 Å². The number of aromatic nitrogens is 2. The number of nitrogens with one attached hydrogen (secondary N) is 1. The number of ether oxygens (including phenoxy) is 3. The third-order valence-electron chi connectivity index (χ3n) is 6.57. The zero-order valence-electron chi connectivity index (χ0n) is 19.1. The van der Waals surface area contributed by atoms with Crippen molar-refractivity contribution >= 4 is 11.9 Å². The van der Waals surface area contributed by atoms with Crippen molar-refractivity contribution in [1.29, 1.82) is 0 Å². The van der Waals surface area contributed by atoms with Crippen molar-refractivity contribution in [3.8, 4) is 5.75 Å². The van der Waals surface area contributed by atoms with Crippen molar-refractivity contribution < 1.29 is 28.2 Å². The largest absolute Gasteiger partial charge is 0.494 e. The molecule has 1 amide bonds. The van der Waals surface area contributed by atoms with Gasteiger partial charge in [0.05, 0.1) is 25.0 Å². The highest BCUT2D eigenvalue weighted by Gasteiger charge is 2.39. The monoisotopic (exact) mass is 459 g/mol. The minimum Gasteiger partial charge on any atom is -0.494 e. The van der Waals surface area contributed by atoms with E-state index < -0.39 is 11.8 Å². The fourth-order valence-electron chi connectivity index (χ4n) is 4.67. The number of hydrogen-bond acceptors (Lipinski definition) is 6. The van der Waals surface area contributed by atoms with Gasteiger partial charge in [0, 0.05) is 31.9 Å². The fraction of sp³-hybridized carbons (Fsp3) is 0.542. The summed E-state index contributed by atoms with van der Waals surface area (Å²) in [6.07, 6.45) is 3.64. The Labute approximate surface area is 192 Å². The van der Waals surface area contributed by atoms with Gasteiger partial charge in [0.25, 0.3) is 5.91 Å². The Morgan fingerprint density at radius 3 is 2.85 bits per heavy atom. The van der Waals surface area contributed by atoms with Crippen molar-refractivity contribution in [2.45, 2.75) is 45.6 Å². The van der Waals surface area contributed by atoms with Crippen molar-refractivity contribution in [2.24, 2.45) is 5.41 Å². The van der Waals surface area contributed by atoms with Crippen LogP contribution in [-0.2, 0) is 28.9 Å². The molecular weight excluding hydrogens is 429 g/mol. The summed E-state index contributed by atoms with van der Waals surface area (Å²) < 4.78 is 31.8. The molecule has 1 fully saturated rings. The lowest BCUT2D eigenvalue weighted by atomic mass is 9.75. The van der Waals surface area contributed by atoms with Gasteiger partial charge in [0.2, 0.25) is 0 Å². The van der Waals surface area contributed by atoms with E-state index >= 15 is 0 Å². The van der Waals surface area contributed by atoms with Gasteiger partial charge in [-0.05, 0) is 56.6 Å². The van der Waals surface area contributed by atoms with Crippen molar-refractivity contribution in [3.05, 3.63) is 46.5 Å². The molecule has 1 aromatic heterocycles. The first-order chi connectivity index (χ1) is 16.0. The SMILES string of the molecule is CCn1nc(CCCOC(=O)c2cccc(OC)c2F)c2c1C(=O)NCC1(CCOCC1)C2. The molecule has 1 spiro atoms. The molecule has 2 aromatic rings. The van der Waals surface area contributed by atoms with E-state index in [1.807, 2.05) is 6.92 Å². The Balaban J connectivity index is 1.45. The highest BCUT2D eigenvalue weighted by Crippen LogP contribution is 2.37. The summed E-state index contributed by atoms with van der Waals surface area (Å²) in [5.41, 5.74) is 2.30. The number of methoxy groups -OCH3 is 1. The first-order valence-electron chi connectivity index (χ1n) is 11.4. The average Bonchev–Trinajstić information content (AvgIpc) is 3.10. The Hall–Kier alpha value is -2.94. The maximum Gasteiger partial charge on any atom is 0.341 e. The van der Waals surface area contributed by atoms with Crippen molar-refractivity contribution in [1.82, 2.24) is 15.1 Å². The zero-order valence-corrected chi connectivity index (χ0v) is 19.1. The zero-order chi connectivity index (χ0) is 23.4. The lowest BCUT2D eigenvalue weighted by molar-refractivity contribution is 0.0160. The van der Waals surface area contributed by atoms with Crippen molar-refractivity contribution in [3.63, 3.8) is 0 Å². The van der Waals surface area contributed by atoms with Gasteiger partial charge in [-0.3, -0.25) is 9.48 Å². The smallest absolute Gasteiger partial charge is 0.341 e. The molecule has 1 N–H and O–H groups in total. The Morgan fingerprint density at radius 1 is 1.33 bits per heavy atom. The number of carbonyl (C=O) groups is 2. The molecule has 1 saturated heterocycles. The van der Waals surface area contributed by atoms with E-state index in [4.69, 9.17) is 19.3 Å². The van der Waals surface area contributed by atoms with Gasteiger partial charge >= 0.3 is 5.97 Å². The van der Waals surface area contributed by atoms with Crippen LogP contribution in [0, 0.1) is 11.2 Å². The van der Waals surface area contributed by atoms with E-state index in [1.54, 1.807) is 10.7 Å². The van der Waals surface area contributed by atoms with Gasteiger partial charge in [-0.1, -0.05) is 6.07 Å². The third-order valence-corrected chi connectivity index (χ3v) is 6.57. The highest BCUT2D eigenvalue weighted by atomic mass is 19.1. The van der Waals surface area contributed by atoms with Crippen LogP contribution in [0.25, 0.3) is 0 Å². The van der Waals surface area contributed by atoms with Gasteiger partial charge < -0.3 is 19.5 Å². The quantitative estimate of drug-likeness (QED) is 0.506. The maximum absolute atomic E-state index is 14.3. The number of hydrogen-bond donors (Lipinski definition) is 1. The predicted octanol–water partition coefficient (Wildman–Crippen LogP) is 2.92. The summed E-state index contributed by atoms with van der Waals surface area (Å²) in [7, 11) is 1.34. The number of rotatable bonds is 7. The first-order valence-corrected chi connectivity index (χ1v) is 11.4. The Bertz CT molecular complexity index is 1030. The number of amides is 1. The van der Waals surface area contributed by atoms with E-state index in [-0.39, 0.29) is 29.2 Å². The molecule has 1 aromatic carbocycles. The predicted molar refractivity (Wildman–Crippen MR) is 118 cm³/mol. The summed E-state index contributed by atoms with van der Waals surface area (Å²) in [6.45, 7) is 4.70. The normalized spacial score (nSPS) is 17.2. The molecule has 3 heterocycles. The minimum atomic E-state index is -0.732. The topological polar surface area (TPSA) is 91.7 Å². The molecule has 0 unspecified atom stereocenters. The Morgan fingerprint density at radius 2 is 2.12 bits per heavy atom. The van der Waals surface area contributed by atoms with Gasteiger partial charge in [-0.15, -0.1) is 0 Å². The van der Waals surface area contributed by atoms with Crippen LogP contribution >= 0.6 is 0 Å². The lowest BCUT2D eigenvalue weighted by Gasteiger charge is -2.36. The van der Waals surface area contributed by atoms with Crippen LogP contribution in [-0.4, -0.2) is 55.1 Å². The standard InChI is InChI=1S/C24H30FN3O5/c1-3-28-21-17(14-24(15-26-22(21)29)9-12-32-13-10-24)18(27-28)7-5-11-33-23(30)16-6-4-8-19(31-2)20(16)25/h4,6,8H,3,5,7,9-15H2,1-2H3,(H,26,29). The number of nitrogens with zero attached hydrogens (tertiary/aromatic N) is 2. The van der Waals surface area contributed by atoms with E-state index in [0.29, 0.717) is 44.8 Å². The highest BCUT2D eigenvalue weighted by molar-refractivity contribution is 5.95. The number of carbonyl (C=O) groups excluding carboxylic acids is 2. The average molecular weight is 460 g/mol. The summed E-state index contributed by atoms with van der Waals surface area (Å²) in [5.74, 6) is -1.55. The summed E-state index contributed by atoms with van der Waals surface area (Å²) in [5, 5.41) is 7.79. The summed E-state index contributed by atoms with van der Waals surface area (Å²) >= 11 is 0. The van der Waals surface area contributed by atoms with Crippen LogP contribution < -0.4 is 10.1 Å². The molecule has 0 saturated carbocycles. The Kier molecular flexibility index (Phi) is 6.97. The van der Waals surface area contributed by atoms with Crippen LogP contribution in [0.1, 0.15) is 58.3 Å². The van der Waals surface area contributed by atoms with Gasteiger partial charge in [-0.2, -0.15) is 5.10 Å². The van der Waals surface area contributed by atoms with Crippen LogP contribution in [0.2, 0.25) is 0 Å². The molecule has 0 atom stereocenters. The summed E-state index contributed by atoms with van der Waals surface area (Å²) in [4.78, 5) is 25.2. The third kappa shape index (κ3) is 4.73. The number of halogens is 1. The number of fused-ring (bicyclic) bond motifs is 1. The fourth-order valence-corrected chi connectivity index (χ4v) is 4.67. The molecule has 8 nitrogen and oxygen atoms in total. The maximum atomic E-state index is 14.3. The minimum absolute atomic E-state index is 0.00225. The molecular formula is C24H30FN3O5. The number of benzene rings is 1. The van der Waals surface area contributed by atoms with Gasteiger partial charge in [-0.25, -0.2) is 9.18 Å². The second kappa shape index (κ2) is 9.91. The van der Waals surface area contributed by atoms with Crippen LogP contribution in [0.5, 0.6) is 5.75 Å². The molecule has 4 rings (SSSR count). The van der Waals surface area contributed by atoms with Crippen molar-refractivity contribution in [2.75, 3.05) is 33.5 Å². The van der Waals surface area contributed by atoms with Gasteiger partial charge in [0.1, 0.15) is 5.69 Å². The molecule has 2 aliphatic rings. The molecule has 9 heteroatoms. The second-order valence-corrected chi connectivity index (χ2v) is 8.62. The number of esters is 1. The number of aryl methyl sites for hydroxylation is 2. The second-order valence-electron chi connectivity index (χ2n) is 8.62. The molecule has 33 heavy (non-hydrogen) atoms. The van der Waals surface area contributed by atoms with Crippen LogP contribution in [0.3, 0.4) is 0 Å². The van der Waals surface area contributed by atoms with E-state index in [0.717, 1.165) is 30.5 Å². The molecule has 2 aliphatic heterocycles. The van der Waals surface area contributed by atoms with E-state index in [2.05, 4.69) is 5.32 Å². The summed E-state index contributed by atoms with van der Waals surface area (Å²) in [6, 6.07) is 4.36. The van der Waals surface area contributed by atoms with Crippen LogP contribution in [0.15, 0.2) is 18.2 Å². The molecule has 0 radical (unpaired) electrons.